The maximum atomic E-state index is 12.0. The Morgan fingerprint density at radius 3 is 2.76 bits per heavy atom. The molecule has 0 bridgehead atoms. The van der Waals surface area contributed by atoms with E-state index in [1.54, 1.807) is 5.01 Å². The highest BCUT2D eigenvalue weighted by Gasteiger charge is 2.58. The van der Waals surface area contributed by atoms with Crippen molar-refractivity contribution in [2.24, 2.45) is 51.3 Å². The van der Waals surface area contributed by atoms with Crippen LogP contribution in [-0.2, 0) is 4.79 Å². The van der Waals surface area contributed by atoms with Gasteiger partial charge in [-0.2, -0.15) is 5.10 Å². The number of hydrazine groups is 1. The normalized spacial score (nSPS) is 42.0. The van der Waals surface area contributed by atoms with Gasteiger partial charge in [-0.05, 0) is 101 Å². The Labute approximate surface area is 191 Å². The van der Waals surface area contributed by atoms with Crippen LogP contribution >= 0.6 is 30.1 Å². The molecular formula is C22H35IN4OS. The molecule has 0 aromatic rings. The van der Waals surface area contributed by atoms with E-state index in [0.29, 0.717) is 16.4 Å². The first-order valence-corrected chi connectivity index (χ1v) is 14.5. The third-order valence-electron chi connectivity index (χ3n) is 9.30. The lowest BCUT2D eigenvalue weighted by atomic mass is 9.47. The van der Waals surface area contributed by atoms with Crippen LogP contribution in [0.15, 0.2) is 16.8 Å². The number of fused-ring (bicyclic) bond motifs is 5. The van der Waals surface area contributed by atoms with Crippen LogP contribution in [0.1, 0.15) is 71.6 Å². The first kappa shape index (κ1) is 21.9. The van der Waals surface area contributed by atoms with Gasteiger partial charge in [0, 0.05) is 34.2 Å². The number of carbonyl (C=O) groups is 1. The summed E-state index contributed by atoms with van der Waals surface area (Å²) >= 11 is 2.18. The van der Waals surface area contributed by atoms with Gasteiger partial charge in [-0.1, -0.05) is 19.4 Å². The Hall–Kier alpha value is -0.280. The molecule has 6 atom stereocenters. The summed E-state index contributed by atoms with van der Waals surface area (Å²) in [6, 6.07) is 0. The highest BCUT2D eigenvalue weighted by atomic mass is 127. The van der Waals surface area contributed by atoms with E-state index in [0.717, 1.165) is 55.9 Å². The molecule has 0 aliphatic heterocycles. The smallest absolute Gasteiger partial charge is 0.206 e. The Bertz CT molecular complexity index is 728. The van der Waals surface area contributed by atoms with Crippen LogP contribution in [-0.4, -0.2) is 22.5 Å². The molecule has 0 amide bonds. The van der Waals surface area contributed by atoms with Crippen LogP contribution < -0.4 is 11.7 Å². The third kappa shape index (κ3) is 3.67. The van der Waals surface area contributed by atoms with Crippen LogP contribution in [0.5, 0.6) is 0 Å². The first-order valence-electron chi connectivity index (χ1n) is 11.2. The average molecular weight is 531 g/mol. The lowest BCUT2D eigenvalue weighted by Gasteiger charge is -2.58. The summed E-state index contributed by atoms with van der Waals surface area (Å²) in [7, 11) is 1.47. The van der Waals surface area contributed by atoms with Crippen molar-refractivity contribution in [3.63, 3.8) is 0 Å². The molecule has 0 saturated heterocycles. The Morgan fingerprint density at radius 1 is 1.24 bits per heavy atom. The molecule has 7 heteroatoms. The second-order valence-corrected chi connectivity index (χ2v) is 12.1. The maximum absolute atomic E-state index is 12.0. The summed E-state index contributed by atoms with van der Waals surface area (Å²) in [5.41, 5.74) is 2.17. The zero-order chi connectivity index (χ0) is 20.8. The molecule has 6 unspecified atom stereocenters. The fraction of sp³-hybridized carbons (Fsp3) is 0.818. The Morgan fingerprint density at radius 2 is 2.03 bits per heavy atom. The highest BCUT2D eigenvalue weighted by Crippen LogP contribution is 2.67. The molecule has 0 radical (unpaired) electrons. The SMILES string of the molecule is CC12CCC(=O)C=C1CCC1C2CCC2(C)C(CCN(N)/C(=N\N)SI)CCC12. The zero-order valence-electron chi connectivity index (χ0n) is 17.7. The van der Waals surface area contributed by atoms with Crippen molar-refractivity contribution in [1.82, 2.24) is 5.01 Å². The maximum Gasteiger partial charge on any atom is 0.206 e. The summed E-state index contributed by atoms with van der Waals surface area (Å²) in [6.45, 7) is 5.86. The van der Waals surface area contributed by atoms with Gasteiger partial charge in [0.2, 0.25) is 5.17 Å². The van der Waals surface area contributed by atoms with Crippen molar-refractivity contribution in [3.05, 3.63) is 11.6 Å². The molecule has 4 N–H and O–H groups in total. The van der Waals surface area contributed by atoms with E-state index in [9.17, 15) is 4.79 Å². The number of halogens is 1. The summed E-state index contributed by atoms with van der Waals surface area (Å²) in [5.74, 6) is 15.2. The molecule has 3 fully saturated rings. The topological polar surface area (TPSA) is 84.7 Å². The van der Waals surface area contributed by atoms with Gasteiger partial charge in [-0.15, -0.1) is 0 Å². The standard InChI is InChI=1S/C22H35IN4OS/c1-21-11-8-19-17(5-3-15-13-16(28)7-10-22(15,19)2)18(21)6-4-14(21)9-12-27(25)20(26-24)29-23/h13-14,17-19H,3-12,24-25H2,1-2H3/b26-20+. The predicted molar refractivity (Wildman–Crippen MR) is 129 cm³/mol. The number of ketones is 1. The van der Waals surface area contributed by atoms with Gasteiger partial charge in [0.1, 0.15) is 0 Å². The van der Waals surface area contributed by atoms with Crippen LogP contribution in [0.25, 0.3) is 0 Å². The number of carbonyl (C=O) groups excluding carboxylic acids is 1. The Kier molecular flexibility index (Phi) is 6.31. The number of rotatable bonds is 3. The lowest BCUT2D eigenvalue weighted by Crippen LogP contribution is -2.50. The quantitative estimate of drug-likeness (QED) is 0.176. The molecule has 5 nitrogen and oxygen atoms in total. The zero-order valence-corrected chi connectivity index (χ0v) is 20.7. The number of hydrazone groups is 1. The number of hydrogen-bond donors (Lipinski definition) is 2. The van der Waals surface area contributed by atoms with Crippen molar-refractivity contribution < 1.29 is 4.79 Å². The lowest BCUT2D eigenvalue weighted by molar-refractivity contribution is -0.117. The van der Waals surface area contributed by atoms with Crippen LogP contribution in [0.4, 0.5) is 0 Å². The van der Waals surface area contributed by atoms with E-state index in [1.165, 1.54) is 46.6 Å². The fourth-order valence-corrected chi connectivity index (χ4v) is 8.99. The molecule has 29 heavy (non-hydrogen) atoms. The van der Waals surface area contributed by atoms with Crippen molar-refractivity contribution in [2.75, 3.05) is 6.54 Å². The number of amidine groups is 1. The molecule has 4 rings (SSSR count). The predicted octanol–water partition coefficient (Wildman–Crippen LogP) is 5.01. The molecule has 4 aliphatic rings. The van der Waals surface area contributed by atoms with Crippen LogP contribution in [0.2, 0.25) is 0 Å². The van der Waals surface area contributed by atoms with Gasteiger partial charge in [0.05, 0.1) is 0 Å². The van der Waals surface area contributed by atoms with E-state index < -0.39 is 0 Å². The fourth-order valence-electron chi connectivity index (χ4n) is 7.67. The number of nitrogens with zero attached hydrogens (tertiary/aromatic N) is 2. The summed E-state index contributed by atoms with van der Waals surface area (Å²) in [6.07, 6.45) is 12.7. The van der Waals surface area contributed by atoms with Crippen molar-refractivity contribution in [3.8, 4) is 0 Å². The van der Waals surface area contributed by atoms with Gasteiger partial charge in [-0.25, -0.2) is 5.84 Å². The highest BCUT2D eigenvalue weighted by molar-refractivity contribution is 14.2. The van der Waals surface area contributed by atoms with Crippen molar-refractivity contribution in [1.29, 1.82) is 0 Å². The van der Waals surface area contributed by atoms with Crippen LogP contribution in [0, 0.1) is 34.5 Å². The first-order chi connectivity index (χ1) is 13.8. The largest absolute Gasteiger partial charge is 0.321 e. The van der Waals surface area contributed by atoms with Gasteiger partial charge in [0.15, 0.2) is 5.78 Å². The van der Waals surface area contributed by atoms with E-state index in [-0.39, 0.29) is 5.41 Å². The second-order valence-electron chi connectivity index (χ2n) is 10.3. The number of hydrogen-bond acceptors (Lipinski definition) is 5. The van der Waals surface area contributed by atoms with E-state index in [4.69, 9.17) is 11.7 Å². The van der Waals surface area contributed by atoms with Crippen LogP contribution in [0.3, 0.4) is 0 Å². The minimum absolute atomic E-state index is 0.272. The molecule has 162 valence electrons. The Balaban J connectivity index is 1.48. The van der Waals surface area contributed by atoms with E-state index in [2.05, 4.69) is 40.2 Å². The summed E-state index contributed by atoms with van der Waals surface area (Å²) < 4.78 is 0. The van der Waals surface area contributed by atoms with E-state index >= 15 is 0 Å². The molecular weight excluding hydrogens is 495 g/mol. The monoisotopic (exact) mass is 530 g/mol. The van der Waals surface area contributed by atoms with Gasteiger partial charge in [-0.3, -0.25) is 9.80 Å². The number of allylic oxidation sites excluding steroid dienone is 1. The van der Waals surface area contributed by atoms with E-state index in [1.807, 2.05) is 6.08 Å². The second kappa shape index (κ2) is 8.34. The van der Waals surface area contributed by atoms with Gasteiger partial charge >= 0.3 is 0 Å². The number of nitrogens with two attached hydrogens (primary N) is 2. The minimum atomic E-state index is 0.272. The minimum Gasteiger partial charge on any atom is -0.321 e. The molecule has 0 aromatic carbocycles. The summed E-state index contributed by atoms with van der Waals surface area (Å²) in [4.78, 5) is 12.0. The third-order valence-corrected chi connectivity index (χ3v) is 11.0. The summed E-state index contributed by atoms with van der Waals surface area (Å²) in [5, 5.41) is 6.21. The van der Waals surface area contributed by atoms with Crippen molar-refractivity contribution >= 4 is 41.1 Å². The molecule has 0 spiro atoms. The van der Waals surface area contributed by atoms with Gasteiger partial charge in [0.25, 0.3) is 0 Å². The van der Waals surface area contributed by atoms with Gasteiger partial charge < -0.3 is 5.84 Å². The molecule has 0 heterocycles. The average Bonchev–Trinajstić information content (AvgIpc) is 3.04. The molecule has 3 saturated carbocycles. The molecule has 4 aliphatic carbocycles. The molecule has 0 aromatic heterocycles. The van der Waals surface area contributed by atoms with Crippen molar-refractivity contribution in [2.45, 2.75) is 71.6 Å².